The Balaban J connectivity index is 1.41. The van der Waals surface area contributed by atoms with Gasteiger partial charge >= 0.3 is 6.03 Å². The SMILES string of the molecule is N#CCCNC(=O)C(Cc1c[nH]c2ccccc12)NC(=O)Nc1ccc(Oc2ccccc2)cc1. The number of para-hydroxylation sites is 2. The van der Waals surface area contributed by atoms with Crippen LogP contribution in [0.15, 0.2) is 85.1 Å². The number of nitriles is 1. The molecule has 3 amide bonds. The molecule has 3 aromatic carbocycles. The predicted molar refractivity (Wildman–Crippen MR) is 134 cm³/mol. The number of hydrogen-bond donors (Lipinski definition) is 4. The average molecular weight is 468 g/mol. The van der Waals surface area contributed by atoms with E-state index in [1.807, 2.05) is 66.9 Å². The van der Waals surface area contributed by atoms with Crippen molar-refractivity contribution in [2.75, 3.05) is 11.9 Å². The van der Waals surface area contributed by atoms with Gasteiger partial charge in [-0.2, -0.15) is 5.26 Å². The molecule has 8 heteroatoms. The molecule has 8 nitrogen and oxygen atoms in total. The van der Waals surface area contributed by atoms with Gasteiger partial charge in [-0.3, -0.25) is 4.79 Å². The molecule has 4 rings (SSSR count). The number of aromatic nitrogens is 1. The van der Waals surface area contributed by atoms with Gasteiger partial charge < -0.3 is 25.7 Å². The minimum atomic E-state index is -0.825. The molecule has 1 heterocycles. The molecule has 35 heavy (non-hydrogen) atoms. The third-order valence-corrected chi connectivity index (χ3v) is 5.35. The molecule has 1 unspecified atom stereocenters. The van der Waals surface area contributed by atoms with Gasteiger partial charge in [0.2, 0.25) is 5.91 Å². The zero-order chi connectivity index (χ0) is 24.5. The van der Waals surface area contributed by atoms with Crippen LogP contribution < -0.4 is 20.7 Å². The lowest BCUT2D eigenvalue weighted by atomic mass is 10.0. The quantitative estimate of drug-likeness (QED) is 0.266. The Labute approximate surface area is 202 Å². The molecule has 0 spiro atoms. The van der Waals surface area contributed by atoms with Crippen LogP contribution in [0.2, 0.25) is 0 Å². The first-order valence-electron chi connectivity index (χ1n) is 11.2. The summed E-state index contributed by atoms with van der Waals surface area (Å²) in [7, 11) is 0. The van der Waals surface area contributed by atoms with E-state index in [2.05, 4.69) is 20.9 Å². The van der Waals surface area contributed by atoms with Crippen LogP contribution in [0.4, 0.5) is 10.5 Å². The van der Waals surface area contributed by atoms with Crippen LogP contribution in [0.25, 0.3) is 10.9 Å². The molecule has 0 saturated heterocycles. The van der Waals surface area contributed by atoms with Gasteiger partial charge in [-0.05, 0) is 48.0 Å². The average Bonchev–Trinajstić information content (AvgIpc) is 3.28. The van der Waals surface area contributed by atoms with Crippen LogP contribution in [-0.2, 0) is 11.2 Å². The van der Waals surface area contributed by atoms with Crippen molar-refractivity contribution in [3.63, 3.8) is 0 Å². The summed E-state index contributed by atoms with van der Waals surface area (Å²) in [5, 5.41) is 18.0. The number of aromatic amines is 1. The Morgan fingerprint density at radius 3 is 2.43 bits per heavy atom. The van der Waals surface area contributed by atoms with Gasteiger partial charge in [0.1, 0.15) is 17.5 Å². The minimum Gasteiger partial charge on any atom is -0.457 e. The van der Waals surface area contributed by atoms with Crippen molar-refractivity contribution in [3.8, 4) is 17.6 Å². The number of carbonyl (C=O) groups is 2. The van der Waals surface area contributed by atoms with Gasteiger partial charge in [0.05, 0.1) is 12.5 Å². The number of hydrogen-bond acceptors (Lipinski definition) is 4. The number of rotatable bonds is 9. The first kappa shape index (κ1) is 23.4. The number of urea groups is 1. The van der Waals surface area contributed by atoms with Gasteiger partial charge in [-0.25, -0.2) is 4.79 Å². The Hall–Kier alpha value is -4.77. The molecule has 0 aliphatic heterocycles. The zero-order valence-electron chi connectivity index (χ0n) is 19.0. The summed E-state index contributed by atoms with van der Waals surface area (Å²) in [5.74, 6) is 0.997. The number of nitrogens with zero attached hydrogens (tertiary/aromatic N) is 1. The van der Waals surface area contributed by atoms with Crippen molar-refractivity contribution >= 4 is 28.5 Å². The van der Waals surface area contributed by atoms with Crippen LogP contribution in [0.3, 0.4) is 0 Å². The van der Waals surface area contributed by atoms with Crippen molar-refractivity contribution in [2.45, 2.75) is 18.9 Å². The maximum absolute atomic E-state index is 12.8. The Morgan fingerprint density at radius 1 is 0.943 bits per heavy atom. The molecule has 0 aliphatic carbocycles. The van der Waals surface area contributed by atoms with E-state index in [4.69, 9.17) is 10.00 Å². The lowest BCUT2D eigenvalue weighted by molar-refractivity contribution is -0.122. The standard InChI is InChI=1S/C27H25N5O3/c28-15-6-16-29-26(33)25(17-19-18-30-24-10-5-4-9-23(19)24)32-27(34)31-20-11-13-22(14-12-20)35-21-7-2-1-3-8-21/h1-5,7-14,18,25,30H,6,16-17H2,(H,29,33)(H2,31,32,34). The molecule has 1 aromatic heterocycles. The molecule has 4 N–H and O–H groups in total. The van der Waals surface area contributed by atoms with Crippen molar-refractivity contribution in [3.05, 3.63) is 90.6 Å². The van der Waals surface area contributed by atoms with E-state index in [1.165, 1.54) is 0 Å². The van der Waals surface area contributed by atoms with E-state index >= 15 is 0 Å². The van der Waals surface area contributed by atoms with E-state index in [0.717, 1.165) is 16.5 Å². The number of fused-ring (bicyclic) bond motifs is 1. The molecule has 0 radical (unpaired) electrons. The van der Waals surface area contributed by atoms with Gasteiger partial charge in [0, 0.05) is 35.8 Å². The molecule has 1 atom stereocenters. The molecule has 0 saturated carbocycles. The summed E-state index contributed by atoms with van der Waals surface area (Å²) in [6, 6.07) is 24.8. The fraction of sp³-hybridized carbons (Fsp3) is 0.148. The number of ether oxygens (including phenoxy) is 1. The smallest absolute Gasteiger partial charge is 0.319 e. The lowest BCUT2D eigenvalue weighted by Crippen LogP contribution is -2.49. The van der Waals surface area contributed by atoms with E-state index in [0.29, 0.717) is 23.6 Å². The largest absolute Gasteiger partial charge is 0.457 e. The maximum atomic E-state index is 12.8. The van der Waals surface area contributed by atoms with Crippen LogP contribution >= 0.6 is 0 Å². The third kappa shape index (κ3) is 6.39. The van der Waals surface area contributed by atoms with E-state index in [9.17, 15) is 9.59 Å². The molecule has 4 aromatic rings. The number of nitrogens with one attached hydrogen (secondary N) is 4. The van der Waals surface area contributed by atoms with Crippen molar-refractivity contribution in [1.29, 1.82) is 5.26 Å². The number of H-pyrrole nitrogens is 1. The summed E-state index contributed by atoms with van der Waals surface area (Å²) < 4.78 is 5.77. The van der Waals surface area contributed by atoms with E-state index < -0.39 is 12.1 Å². The molecule has 0 aliphatic rings. The number of amides is 3. The summed E-state index contributed by atoms with van der Waals surface area (Å²) in [5.41, 5.74) is 2.41. The highest BCUT2D eigenvalue weighted by atomic mass is 16.5. The Kier molecular flexibility index (Phi) is 7.61. The molecule has 0 fully saturated rings. The third-order valence-electron chi connectivity index (χ3n) is 5.35. The number of benzene rings is 3. The van der Waals surface area contributed by atoms with E-state index in [1.54, 1.807) is 24.3 Å². The van der Waals surface area contributed by atoms with E-state index in [-0.39, 0.29) is 18.9 Å². The second-order valence-corrected chi connectivity index (χ2v) is 7.85. The summed E-state index contributed by atoms with van der Waals surface area (Å²) in [6.45, 7) is 0.214. The van der Waals surface area contributed by atoms with Gasteiger partial charge in [0.15, 0.2) is 0 Å². The summed E-state index contributed by atoms with van der Waals surface area (Å²) >= 11 is 0. The number of carbonyl (C=O) groups excluding carboxylic acids is 2. The normalized spacial score (nSPS) is 11.3. The van der Waals surface area contributed by atoms with Crippen molar-refractivity contribution < 1.29 is 14.3 Å². The zero-order valence-corrected chi connectivity index (χ0v) is 19.0. The summed E-state index contributed by atoms with van der Waals surface area (Å²) in [4.78, 5) is 28.7. The monoisotopic (exact) mass is 467 g/mol. The minimum absolute atomic E-state index is 0.190. The second kappa shape index (κ2) is 11.4. The van der Waals surface area contributed by atoms with Gasteiger partial charge in [-0.15, -0.1) is 0 Å². The highest BCUT2D eigenvalue weighted by Gasteiger charge is 2.22. The topological polar surface area (TPSA) is 119 Å². The molecular formula is C27H25N5O3. The Morgan fingerprint density at radius 2 is 1.66 bits per heavy atom. The van der Waals surface area contributed by atoms with Gasteiger partial charge in [0.25, 0.3) is 0 Å². The fourth-order valence-corrected chi connectivity index (χ4v) is 3.65. The number of anilines is 1. The molecule has 176 valence electrons. The molecule has 0 bridgehead atoms. The Bertz CT molecular complexity index is 1330. The van der Waals surface area contributed by atoms with Crippen LogP contribution in [0.5, 0.6) is 11.5 Å². The second-order valence-electron chi connectivity index (χ2n) is 7.85. The van der Waals surface area contributed by atoms with Crippen molar-refractivity contribution in [2.24, 2.45) is 0 Å². The highest BCUT2D eigenvalue weighted by Crippen LogP contribution is 2.23. The van der Waals surface area contributed by atoms with Crippen LogP contribution in [-0.4, -0.2) is 29.5 Å². The first-order valence-corrected chi connectivity index (χ1v) is 11.2. The fourth-order valence-electron chi connectivity index (χ4n) is 3.65. The highest BCUT2D eigenvalue weighted by molar-refractivity contribution is 5.94. The van der Waals surface area contributed by atoms with Crippen molar-refractivity contribution in [1.82, 2.24) is 15.6 Å². The molecular weight excluding hydrogens is 442 g/mol. The lowest BCUT2D eigenvalue weighted by Gasteiger charge is -2.18. The van der Waals surface area contributed by atoms with Crippen LogP contribution in [0.1, 0.15) is 12.0 Å². The summed E-state index contributed by atoms with van der Waals surface area (Å²) in [6.07, 6.45) is 2.32. The first-order chi connectivity index (χ1) is 17.1. The maximum Gasteiger partial charge on any atom is 0.319 e. The van der Waals surface area contributed by atoms with Gasteiger partial charge in [-0.1, -0.05) is 36.4 Å². The predicted octanol–water partition coefficient (Wildman–Crippen LogP) is 4.72. The van der Waals surface area contributed by atoms with Crippen LogP contribution in [0, 0.1) is 11.3 Å².